The van der Waals surface area contributed by atoms with Crippen LogP contribution in [0.3, 0.4) is 0 Å². The first-order chi connectivity index (χ1) is 10.2. The highest BCUT2D eigenvalue weighted by molar-refractivity contribution is 5.54. The molecule has 0 N–H and O–H groups in total. The Morgan fingerprint density at radius 3 is 2.76 bits per heavy atom. The Hall–Kier alpha value is -3.07. The minimum absolute atomic E-state index is 0.283. The van der Waals surface area contributed by atoms with Gasteiger partial charge in [-0.15, -0.1) is 0 Å². The zero-order chi connectivity index (χ0) is 14.7. The summed E-state index contributed by atoms with van der Waals surface area (Å²) >= 11 is 0. The summed E-state index contributed by atoms with van der Waals surface area (Å²) in [5, 5.41) is 12.7. The maximum atomic E-state index is 12.8. The van der Waals surface area contributed by atoms with Crippen molar-refractivity contribution in [2.45, 2.75) is 6.42 Å². The molecule has 21 heavy (non-hydrogen) atoms. The summed E-state index contributed by atoms with van der Waals surface area (Å²) in [5.41, 5.74) is 1.81. The molecule has 0 bridgehead atoms. The van der Waals surface area contributed by atoms with Gasteiger partial charge in [0.05, 0.1) is 0 Å². The Morgan fingerprint density at radius 1 is 1.19 bits per heavy atom. The van der Waals surface area contributed by atoms with Gasteiger partial charge in [-0.25, -0.2) is 9.37 Å². The standard InChI is InChI=1S/C15H9FN4O/c16-12-3-1-10(2-4-12)7-14-19-15(21-20-14)11-5-6-18-13(8-11)9-17/h1-6,8H,7H2. The second kappa shape index (κ2) is 5.51. The lowest BCUT2D eigenvalue weighted by atomic mass is 10.1. The van der Waals surface area contributed by atoms with Crippen molar-refractivity contribution in [1.82, 2.24) is 15.1 Å². The van der Waals surface area contributed by atoms with Crippen LogP contribution < -0.4 is 0 Å². The van der Waals surface area contributed by atoms with E-state index in [2.05, 4.69) is 15.1 Å². The topological polar surface area (TPSA) is 75.6 Å². The molecular formula is C15H9FN4O. The van der Waals surface area contributed by atoms with E-state index in [1.807, 2.05) is 6.07 Å². The molecule has 0 aliphatic carbocycles. The van der Waals surface area contributed by atoms with Crippen molar-refractivity contribution in [3.8, 4) is 17.5 Å². The zero-order valence-electron chi connectivity index (χ0n) is 10.8. The third kappa shape index (κ3) is 2.92. The highest BCUT2D eigenvalue weighted by atomic mass is 19.1. The van der Waals surface area contributed by atoms with E-state index in [0.717, 1.165) is 5.56 Å². The minimum Gasteiger partial charge on any atom is -0.334 e. The van der Waals surface area contributed by atoms with Crippen molar-refractivity contribution in [3.63, 3.8) is 0 Å². The van der Waals surface area contributed by atoms with Gasteiger partial charge in [-0.2, -0.15) is 10.2 Å². The Morgan fingerprint density at radius 2 is 2.00 bits per heavy atom. The average molecular weight is 280 g/mol. The number of halogens is 1. The van der Waals surface area contributed by atoms with Gasteiger partial charge in [0.25, 0.3) is 5.89 Å². The van der Waals surface area contributed by atoms with Gasteiger partial charge < -0.3 is 4.52 Å². The van der Waals surface area contributed by atoms with Crippen LogP contribution in [0.2, 0.25) is 0 Å². The van der Waals surface area contributed by atoms with E-state index < -0.39 is 0 Å². The second-order valence-corrected chi connectivity index (χ2v) is 4.36. The highest BCUT2D eigenvalue weighted by Gasteiger charge is 2.10. The van der Waals surface area contributed by atoms with Crippen LogP contribution in [-0.4, -0.2) is 15.1 Å². The Balaban J connectivity index is 1.83. The predicted molar refractivity (Wildman–Crippen MR) is 71.5 cm³/mol. The van der Waals surface area contributed by atoms with Crippen LogP contribution in [-0.2, 0) is 6.42 Å². The monoisotopic (exact) mass is 280 g/mol. The van der Waals surface area contributed by atoms with Gasteiger partial charge in [-0.05, 0) is 29.8 Å². The second-order valence-electron chi connectivity index (χ2n) is 4.36. The summed E-state index contributed by atoms with van der Waals surface area (Å²) in [4.78, 5) is 8.14. The molecule has 102 valence electrons. The average Bonchev–Trinajstić information content (AvgIpc) is 2.98. The van der Waals surface area contributed by atoms with Gasteiger partial charge in [0.15, 0.2) is 5.82 Å². The number of hydrogen-bond donors (Lipinski definition) is 0. The molecule has 0 radical (unpaired) electrons. The molecule has 0 saturated heterocycles. The van der Waals surface area contributed by atoms with E-state index in [-0.39, 0.29) is 11.5 Å². The number of hydrogen-bond acceptors (Lipinski definition) is 5. The van der Waals surface area contributed by atoms with E-state index in [1.165, 1.54) is 18.3 Å². The lowest BCUT2D eigenvalue weighted by Gasteiger charge is -1.95. The van der Waals surface area contributed by atoms with Crippen LogP contribution in [0.5, 0.6) is 0 Å². The predicted octanol–water partition coefficient (Wildman–Crippen LogP) is 2.73. The van der Waals surface area contributed by atoms with E-state index >= 15 is 0 Å². The van der Waals surface area contributed by atoms with Crippen LogP contribution in [0.15, 0.2) is 47.1 Å². The molecule has 0 spiro atoms. The van der Waals surface area contributed by atoms with E-state index in [1.54, 1.807) is 24.3 Å². The number of aromatic nitrogens is 3. The Kier molecular flexibility index (Phi) is 3.39. The summed E-state index contributed by atoms with van der Waals surface area (Å²) in [6.07, 6.45) is 1.96. The zero-order valence-corrected chi connectivity index (χ0v) is 10.8. The molecule has 3 rings (SSSR count). The molecule has 0 aliphatic rings. The largest absolute Gasteiger partial charge is 0.334 e. The highest BCUT2D eigenvalue weighted by Crippen LogP contribution is 2.18. The number of pyridine rings is 1. The first-order valence-electron chi connectivity index (χ1n) is 6.18. The quantitative estimate of drug-likeness (QED) is 0.737. The first-order valence-corrected chi connectivity index (χ1v) is 6.18. The summed E-state index contributed by atoms with van der Waals surface area (Å²) in [6.45, 7) is 0. The smallest absolute Gasteiger partial charge is 0.258 e. The molecule has 0 aliphatic heterocycles. The summed E-state index contributed by atoms with van der Waals surface area (Å²) < 4.78 is 18.0. The van der Waals surface area contributed by atoms with Crippen molar-refractivity contribution >= 4 is 0 Å². The fourth-order valence-electron chi connectivity index (χ4n) is 1.85. The van der Waals surface area contributed by atoms with Gasteiger partial charge in [0, 0.05) is 18.2 Å². The van der Waals surface area contributed by atoms with Crippen molar-refractivity contribution < 1.29 is 8.91 Å². The molecule has 0 amide bonds. The summed E-state index contributed by atoms with van der Waals surface area (Å²) in [6, 6.07) is 11.3. The number of nitriles is 1. The van der Waals surface area contributed by atoms with Crippen LogP contribution >= 0.6 is 0 Å². The van der Waals surface area contributed by atoms with Gasteiger partial charge >= 0.3 is 0 Å². The Bertz CT molecular complexity index is 805. The lowest BCUT2D eigenvalue weighted by Crippen LogP contribution is -1.91. The van der Waals surface area contributed by atoms with Crippen molar-refractivity contribution in [2.24, 2.45) is 0 Å². The molecule has 0 saturated carbocycles. The van der Waals surface area contributed by atoms with Crippen molar-refractivity contribution in [2.75, 3.05) is 0 Å². The van der Waals surface area contributed by atoms with E-state index in [4.69, 9.17) is 9.78 Å². The third-order valence-corrected chi connectivity index (χ3v) is 2.87. The first kappa shape index (κ1) is 12.9. The lowest BCUT2D eigenvalue weighted by molar-refractivity contribution is 0.424. The molecule has 2 aromatic heterocycles. The molecule has 6 heteroatoms. The van der Waals surface area contributed by atoms with Crippen LogP contribution in [0.1, 0.15) is 17.1 Å². The third-order valence-electron chi connectivity index (χ3n) is 2.87. The fourth-order valence-corrected chi connectivity index (χ4v) is 1.85. The normalized spacial score (nSPS) is 10.3. The maximum Gasteiger partial charge on any atom is 0.258 e. The SMILES string of the molecule is N#Cc1cc(-c2nc(Cc3ccc(F)cc3)no2)ccn1. The molecule has 1 aromatic carbocycles. The van der Waals surface area contributed by atoms with Crippen LogP contribution in [0.25, 0.3) is 11.5 Å². The van der Waals surface area contributed by atoms with E-state index in [0.29, 0.717) is 23.7 Å². The van der Waals surface area contributed by atoms with Crippen LogP contribution in [0, 0.1) is 17.1 Å². The van der Waals surface area contributed by atoms with Gasteiger partial charge in [-0.3, -0.25) is 0 Å². The summed E-state index contributed by atoms with van der Waals surface area (Å²) in [5.74, 6) is 0.534. The molecular weight excluding hydrogens is 271 g/mol. The molecule has 0 atom stereocenters. The fraction of sp³-hybridized carbons (Fsp3) is 0.0667. The molecule has 0 unspecified atom stereocenters. The molecule has 5 nitrogen and oxygen atoms in total. The molecule has 2 heterocycles. The number of rotatable bonds is 3. The molecule has 3 aromatic rings. The number of nitrogens with zero attached hydrogens (tertiary/aromatic N) is 4. The van der Waals surface area contributed by atoms with Crippen LogP contribution in [0.4, 0.5) is 4.39 Å². The van der Waals surface area contributed by atoms with Crippen molar-refractivity contribution in [1.29, 1.82) is 5.26 Å². The summed E-state index contributed by atoms with van der Waals surface area (Å²) in [7, 11) is 0. The molecule has 0 fully saturated rings. The maximum absolute atomic E-state index is 12.8. The number of benzene rings is 1. The van der Waals surface area contributed by atoms with Gasteiger partial charge in [0.2, 0.25) is 0 Å². The van der Waals surface area contributed by atoms with E-state index in [9.17, 15) is 4.39 Å². The van der Waals surface area contributed by atoms with Gasteiger partial charge in [-0.1, -0.05) is 17.3 Å². The van der Waals surface area contributed by atoms with Crippen molar-refractivity contribution in [3.05, 3.63) is 65.5 Å². The Labute approximate surface area is 119 Å². The minimum atomic E-state index is -0.284. The van der Waals surface area contributed by atoms with Gasteiger partial charge in [0.1, 0.15) is 17.6 Å².